The van der Waals surface area contributed by atoms with Crippen molar-refractivity contribution in [3.8, 4) is 0 Å². The first kappa shape index (κ1) is 24.6. The molecule has 0 saturated heterocycles. The van der Waals surface area contributed by atoms with Gasteiger partial charge in [0.1, 0.15) is 6.61 Å². The summed E-state index contributed by atoms with van der Waals surface area (Å²) >= 11 is 0. The average molecular weight is 401 g/mol. The summed E-state index contributed by atoms with van der Waals surface area (Å²) in [5.41, 5.74) is 0. The molecule has 0 spiro atoms. The van der Waals surface area contributed by atoms with Crippen molar-refractivity contribution < 1.29 is 53.3 Å². The number of hydrogen-bond acceptors (Lipinski definition) is 9. The normalized spacial score (nSPS) is 11.1. The summed E-state index contributed by atoms with van der Waals surface area (Å²) in [6.07, 6.45) is 4.43. The maximum Gasteiger partial charge on any atom is 0.403 e. The van der Waals surface area contributed by atoms with Crippen LogP contribution in [0.3, 0.4) is 0 Å². The summed E-state index contributed by atoms with van der Waals surface area (Å²) in [5.74, 6) is -4.31. The monoisotopic (exact) mass is 401 g/mol. The summed E-state index contributed by atoms with van der Waals surface area (Å²) in [6.45, 7) is 4.65. The van der Waals surface area contributed by atoms with Crippen LogP contribution >= 0.6 is 0 Å². The topological polar surface area (TPSA) is 161 Å². The summed E-state index contributed by atoms with van der Waals surface area (Å²) in [4.78, 5) is 51.5. The number of ether oxygens (including phenoxy) is 2. The fraction of sp³-hybridized carbons (Fsp3) is 0.375. The molecule has 0 aliphatic heterocycles. The van der Waals surface area contributed by atoms with Crippen LogP contribution in [0, 0.1) is 0 Å². The van der Waals surface area contributed by atoms with Crippen molar-refractivity contribution in [3.05, 3.63) is 24.3 Å². The molecule has 28 heavy (non-hydrogen) atoms. The number of carbonyl (C=O) groups is 4. The lowest BCUT2D eigenvalue weighted by Crippen LogP contribution is -2.20. The first-order valence-electron chi connectivity index (χ1n) is 7.81. The van der Waals surface area contributed by atoms with Gasteiger partial charge in [0.2, 0.25) is 6.54 Å². The highest BCUT2D eigenvalue weighted by atomic mass is 16.7. The van der Waals surface area contributed by atoms with Gasteiger partial charge in [0.25, 0.3) is 0 Å². The van der Waals surface area contributed by atoms with Crippen molar-refractivity contribution in [2.45, 2.75) is 6.42 Å². The highest BCUT2D eigenvalue weighted by molar-refractivity contribution is 5.91. The summed E-state index contributed by atoms with van der Waals surface area (Å²) < 4.78 is 11.4. The number of carboxylic acid groups (broad SMARTS) is 2. The third-order valence-corrected chi connectivity index (χ3v) is 2.41. The quantitative estimate of drug-likeness (QED) is 0.0904. The molecule has 0 unspecified atom stereocenters. The third kappa shape index (κ3) is 17.4. The van der Waals surface area contributed by atoms with E-state index >= 15 is 0 Å². The Morgan fingerprint density at radius 3 is 2.04 bits per heavy atom. The molecule has 0 heterocycles. The molecule has 0 aliphatic rings. The number of rotatable bonds is 15. The molecule has 12 nitrogen and oxygen atoms in total. The molecule has 0 aromatic heterocycles. The Bertz CT molecular complexity index is 639. The minimum atomic E-state index is -1.27. The van der Waals surface area contributed by atoms with E-state index in [9.17, 15) is 19.2 Å². The number of oxime groups is 1. The number of aliphatic carboxylic acids is 2. The van der Waals surface area contributed by atoms with E-state index in [0.29, 0.717) is 25.2 Å². The second kappa shape index (κ2) is 15.8. The van der Waals surface area contributed by atoms with Gasteiger partial charge in [-0.1, -0.05) is 5.16 Å². The van der Waals surface area contributed by atoms with E-state index < -0.39 is 23.9 Å². The molecule has 0 aliphatic carbocycles. The molecule has 154 valence electrons. The Morgan fingerprint density at radius 1 is 0.857 bits per heavy atom. The number of carboxylic acids is 2. The van der Waals surface area contributed by atoms with Crippen molar-refractivity contribution >= 4 is 36.8 Å². The molecular weight excluding hydrogens is 380 g/mol. The van der Waals surface area contributed by atoms with Crippen LogP contribution in [-0.2, 0) is 38.3 Å². The zero-order valence-corrected chi connectivity index (χ0v) is 14.9. The standard InChI is InChI=1S/C16H20N2O10/c1-18(28-16(24)6-4-14(21)22)8-10-26-12-11-25-9-2-7-17-27-15(23)5-3-13(19)20/h3-7H,1-2,8-12H2,(H-,19,20,21,22)/p+1/b5-3+,6-4+,17-7?. The van der Waals surface area contributed by atoms with Gasteiger partial charge < -0.3 is 24.5 Å². The second-order valence-corrected chi connectivity index (χ2v) is 4.67. The van der Waals surface area contributed by atoms with Crippen molar-refractivity contribution in [2.24, 2.45) is 5.16 Å². The maximum atomic E-state index is 11.2. The summed E-state index contributed by atoms with van der Waals surface area (Å²) in [7, 11) is 0. The zero-order chi connectivity index (χ0) is 21.2. The Balaban J connectivity index is 3.57. The minimum absolute atomic E-state index is 0.168. The Morgan fingerprint density at radius 2 is 1.43 bits per heavy atom. The van der Waals surface area contributed by atoms with Gasteiger partial charge in [-0.3, -0.25) is 0 Å². The van der Waals surface area contributed by atoms with Gasteiger partial charge in [-0.15, -0.1) is 0 Å². The molecule has 0 aromatic carbocycles. The van der Waals surface area contributed by atoms with E-state index in [1.54, 1.807) is 0 Å². The van der Waals surface area contributed by atoms with Crippen LogP contribution in [0.2, 0.25) is 0 Å². The SMILES string of the molecule is C=[N+](CCOCCOCCC=NOC(=O)/C=C/C(=O)O)OC(=O)/C=C/C(=O)O. The van der Waals surface area contributed by atoms with Crippen molar-refractivity contribution in [2.75, 3.05) is 33.0 Å². The molecule has 12 heteroatoms. The van der Waals surface area contributed by atoms with E-state index in [1.807, 2.05) is 0 Å². The Hall–Kier alpha value is -3.38. The Labute approximate surface area is 159 Å². The van der Waals surface area contributed by atoms with E-state index in [4.69, 9.17) is 19.7 Å². The molecule has 0 fully saturated rings. The van der Waals surface area contributed by atoms with E-state index in [-0.39, 0.29) is 26.4 Å². The first-order valence-corrected chi connectivity index (χ1v) is 7.81. The molecule has 0 bridgehead atoms. The highest BCUT2D eigenvalue weighted by Crippen LogP contribution is 1.87. The summed E-state index contributed by atoms with van der Waals surface area (Å²) in [6, 6.07) is 0. The third-order valence-electron chi connectivity index (χ3n) is 2.41. The fourth-order valence-electron chi connectivity index (χ4n) is 1.28. The second-order valence-electron chi connectivity index (χ2n) is 4.67. The van der Waals surface area contributed by atoms with Gasteiger partial charge in [0.05, 0.1) is 19.8 Å². The molecule has 0 aromatic rings. The molecule has 0 atom stereocenters. The lowest BCUT2D eigenvalue weighted by atomic mass is 10.5. The van der Waals surface area contributed by atoms with Crippen LogP contribution < -0.4 is 0 Å². The molecular formula is C16H21N2O10+. The smallest absolute Gasteiger partial charge is 0.403 e. The highest BCUT2D eigenvalue weighted by Gasteiger charge is 2.08. The molecule has 0 rings (SSSR count). The largest absolute Gasteiger partial charge is 0.478 e. The molecule has 2 N–H and O–H groups in total. The van der Waals surface area contributed by atoms with Gasteiger partial charge in [-0.25, -0.2) is 19.2 Å². The van der Waals surface area contributed by atoms with Crippen LogP contribution in [0.4, 0.5) is 0 Å². The van der Waals surface area contributed by atoms with Crippen LogP contribution in [0.1, 0.15) is 6.42 Å². The molecule has 0 saturated carbocycles. The zero-order valence-electron chi connectivity index (χ0n) is 14.9. The number of hydroxylamine groups is 1. The minimum Gasteiger partial charge on any atom is -0.478 e. The van der Waals surface area contributed by atoms with E-state index in [0.717, 1.165) is 16.9 Å². The van der Waals surface area contributed by atoms with Gasteiger partial charge in [0, 0.05) is 36.9 Å². The van der Waals surface area contributed by atoms with Crippen molar-refractivity contribution in [1.29, 1.82) is 0 Å². The van der Waals surface area contributed by atoms with Crippen molar-refractivity contribution in [1.82, 2.24) is 0 Å². The van der Waals surface area contributed by atoms with Gasteiger partial charge in [0.15, 0.2) is 6.72 Å². The lowest BCUT2D eigenvalue weighted by molar-refractivity contribution is -0.754. The average Bonchev–Trinajstić information content (AvgIpc) is 2.62. The van der Waals surface area contributed by atoms with Gasteiger partial charge in [-0.2, -0.15) is 4.84 Å². The van der Waals surface area contributed by atoms with Crippen LogP contribution in [0.15, 0.2) is 29.5 Å². The van der Waals surface area contributed by atoms with Gasteiger partial charge >= 0.3 is 23.9 Å². The summed E-state index contributed by atoms with van der Waals surface area (Å²) in [5, 5.41) is 20.0. The predicted octanol–water partition coefficient (Wildman–Crippen LogP) is -0.608. The van der Waals surface area contributed by atoms with Crippen LogP contribution in [0.5, 0.6) is 0 Å². The van der Waals surface area contributed by atoms with E-state index in [2.05, 4.69) is 21.5 Å². The molecule has 0 amide bonds. The van der Waals surface area contributed by atoms with Gasteiger partial charge in [-0.05, 0) is 4.74 Å². The Kier molecular flexibility index (Phi) is 13.9. The van der Waals surface area contributed by atoms with Crippen LogP contribution in [0.25, 0.3) is 0 Å². The first-order chi connectivity index (χ1) is 13.3. The predicted molar refractivity (Wildman–Crippen MR) is 92.7 cm³/mol. The van der Waals surface area contributed by atoms with Crippen molar-refractivity contribution in [3.63, 3.8) is 0 Å². The number of carbonyl (C=O) groups excluding carboxylic acids is 2. The van der Waals surface area contributed by atoms with E-state index in [1.165, 1.54) is 6.21 Å². The lowest BCUT2D eigenvalue weighted by Gasteiger charge is -2.03. The fourth-order valence-corrected chi connectivity index (χ4v) is 1.28. The van der Waals surface area contributed by atoms with Crippen LogP contribution in [-0.4, -0.2) is 84.7 Å². The number of hydrogen-bond donors (Lipinski definition) is 2. The maximum absolute atomic E-state index is 11.2. The number of nitrogens with zero attached hydrogens (tertiary/aromatic N) is 2. The molecule has 0 radical (unpaired) electrons.